The van der Waals surface area contributed by atoms with Crippen LogP contribution in [0.1, 0.15) is 28.3 Å². The van der Waals surface area contributed by atoms with Gasteiger partial charge in [-0.1, -0.05) is 30.3 Å². The summed E-state index contributed by atoms with van der Waals surface area (Å²) in [5.41, 5.74) is -0.0616. The summed E-state index contributed by atoms with van der Waals surface area (Å²) in [6.45, 7) is 0.0668. The number of carboxylic acids is 1. The van der Waals surface area contributed by atoms with Gasteiger partial charge in [0.05, 0.1) is 6.54 Å². The SMILES string of the molecule is O=C(O)C(S)c1ncnn1CC1(c2ccc(F)cc2)OC1c1ccccc1F. The molecule has 0 aliphatic carbocycles. The van der Waals surface area contributed by atoms with Crippen LogP contribution < -0.4 is 0 Å². The van der Waals surface area contributed by atoms with E-state index in [0.29, 0.717) is 11.1 Å². The van der Waals surface area contributed by atoms with Gasteiger partial charge >= 0.3 is 5.97 Å². The van der Waals surface area contributed by atoms with Gasteiger partial charge in [0, 0.05) is 5.56 Å². The van der Waals surface area contributed by atoms with Gasteiger partial charge in [-0.3, -0.25) is 4.79 Å². The van der Waals surface area contributed by atoms with Crippen molar-refractivity contribution in [1.29, 1.82) is 0 Å². The van der Waals surface area contributed by atoms with Gasteiger partial charge in [-0.15, -0.1) is 0 Å². The van der Waals surface area contributed by atoms with Gasteiger partial charge in [-0.05, 0) is 23.8 Å². The minimum atomic E-state index is -1.18. The Morgan fingerprint density at radius 1 is 1.25 bits per heavy atom. The van der Waals surface area contributed by atoms with Crippen molar-refractivity contribution in [2.24, 2.45) is 0 Å². The zero-order valence-corrected chi connectivity index (χ0v) is 15.3. The molecule has 2 heterocycles. The van der Waals surface area contributed by atoms with Crippen LogP contribution in [0.25, 0.3) is 0 Å². The van der Waals surface area contributed by atoms with Crippen LogP contribution in [0.4, 0.5) is 8.78 Å². The average Bonchev–Trinajstić information content (AvgIpc) is 3.20. The molecule has 28 heavy (non-hydrogen) atoms. The molecule has 1 aromatic heterocycles. The predicted molar refractivity (Wildman–Crippen MR) is 97.7 cm³/mol. The quantitative estimate of drug-likeness (QED) is 0.488. The lowest BCUT2D eigenvalue weighted by Gasteiger charge is -2.16. The zero-order valence-electron chi connectivity index (χ0n) is 14.4. The molecular weight excluding hydrogens is 388 g/mol. The normalized spacial score (nSPS) is 22.0. The van der Waals surface area contributed by atoms with Gasteiger partial charge in [0.2, 0.25) is 0 Å². The first-order valence-electron chi connectivity index (χ1n) is 8.39. The standard InChI is InChI=1S/C19H15F2N3O3S/c20-12-7-5-11(6-8-12)19(16(27-19)13-3-1-2-4-14(13)21)9-24-17(22-10-23-24)15(28)18(25)26/h1-8,10,15-16,28H,9H2,(H,25,26). The molecule has 0 saturated carbocycles. The molecule has 0 amide bonds. The maximum absolute atomic E-state index is 14.3. The van der Waals surface area contributed by atoms with Gasteiger partial charge in [-0.2, -0.15) is 17.7 Å². The topological polar surface area (TPSA) is 80.5 Å². The Bertz CT molecular complexity index is 1030. The lowest BCUT2D eigenvalue weighted by molar-refractivity contribution is -0.136. The first-order valence-corrected chi connectivity index (χ1v) is 8.91. The molecule has 9 heteroatoms. The van der Waals surface area contributed by atoms with Gasteiger partial charge < -0.3 is 9.84 Å². The fraction of sp³-hybridized carbons (Fsp3) is 0.211. The third-order valence-corrected chi connectivity index (χ3v) is 5.18. The number of aliphatic carboxylic acids is 1. The van der Waals surface area contributed by atoms with Crippen LogP contribution in [0.15, 0.2) is 54.9 Å². The van der Waals surface area contributed by atoms with Gasteiger partial charge in [0.25, 0.3) is 0 Å². The Morgan fingerprint density at radius 2 is 1.96 bits per heavy atom. The number of epoxide rings is 1. The molecule has 1 fully saturated rings. The number of hydrogen-bond acceptors (Lipinski definition) is 5. The first-order chi connectivity index (χ1) is 13.4. The van der Waals surface area contributed by atoms with Crippen molar-refractivity contribution < 1.29 is 23.4 Å². The minimum Gasteiger partial charge on any atom is -0.480 e. The van der Waals surface area contributed by atoms with E-state index in [1.54, 1.807) is 30.3 Å². The molecule has 144 valence electrons. The number of thiol groups is 1. The molecule has 3 aromatic rings. The second kappa shape index (κ2) is 6.99. The fourth-order valence-electron chi connectivity index (χ4n) is 3.28. The highest BCUT2D eigenvalue weighted by Gasteiger charge is 2.60. The average molecular weight is 403 g/mol. The summed E-state index contributed by atoms with van der Waals surface area (Å²) < 4.78 is 35.1. The van der Waals surface area contributed by atoms with Crippen molar-refractivity contribution in [3.8, 4) is 0 Å². The predicted octanol–water partition coefficient (Wildman–Crippen LogP) is 3.28. The molecule has 3 unspecified atom stereocenters. The molecule has 1 aliphatic rings. The number of carbonyl (C=O) groups is 1. The van der Waals surface area contributed by atoms with E-state index in [9.17, 15) is 18.7 Å². The van der Waals surface area contributed by atoms with E-state index in [4.69, 9.17) is 4.74 Å². The van der Waals surface area contributed by atoms with Crippen molar-refractivity contribution in [2.45, 2.75) is 23.5 Å². The Balaban J connectivity index is 1.75. The first kappa shape index (κ1) is 18.6. The molecule has 4 rings (SSSR count). The molecule has 1 N–H and O–H groups in total. The Hall–Kier alpha value is -2.78. The summed E-state index contributed by atoms with van der Waals surface area (Å²) in [6.07, 6.45) is 0.583. The third kappa shape index (κ3) is 3.16. The van der Waals surface area contributed by atoms with Gasteiger partial charge in [0.15, 0.2) is 11.1 Å². The second-order valence-corrected chi connectivity index (χ2v) is 6.95. The number of hydrogen-bond donors (Lipinski definition) is 2. The van der Waals surface area contributed by atoms with Crippen molar-refractivity contribution in [3.05, 3.63) is 83.4 Å². The summed E-state index contributed by atoms with van der Waals surface area (Å²) in [5, 5.41) is 12.1. The van der Waals surface area contributed by atoms with Crippen LogP contribution >= 0.6 is 12.6 Å². The zero-order chi connectivity index (χ0) is 19.9. The highest BCUT2D eigenvalue weighted by Crippen LogP contribution is 2.58. The van der Waals surface area contributed by atoms with Crippen LogP contribution in [0.5, 0.6) is 0 Å². The van der Waals surface area contributed by atoms with Crippen molar-refractivity contribution >= 4 is 18.6 Å². The Morgan fingerprint density at radius 3 is 2.64 bits per heavy atom. The molecule has 0 radical (unpaired) electrons. The van der Waals surface area contributed by atoms with Crippen LogP contribution in [0, 0.1) is 11.6 Å². The highest BCUT2D eigenvalue weighted by molar-refractivity contribution is 7.81. The number of benzene rings is 2. The molecule has 3 atom stereocenters. The number of rotatable bonds is 6. The number of aromatic nitrogens is 3. The van der Waals surface area contributed by atoms with E-state index in [-0.39, 0.29) is 12.4 Å². The van der Waals surface area contributed by atoms with Gasteiger partial charge in [0.1, 0.15) is 29.7 Å². The van der Waals surface area contributed by atoms with Crippen LogP contribution in [-0.2, 0) is 21.7 Å². The molecule has 2 aromatic carbocycles. The molecule has 6 nitrogen and oxygen atoms in total. The number of carboxylic acid groups (broad SMARTS) is 1. The van der Waals surface area contributed by atoms with Crippen molar-refractivity contribution in [2.75, 3.05) is 0 Å². The van der Waals surface area contributed by atoms with E-state index >= 15 is 0 Å². The molecule has 0 bridgehead atoms. The van der Waals surface area contributed by atoms with Crippen molar-refractivity contribution in [1.82, 2.24) is 14.8 Å². The van der Waals surface area contributed by atoms with E-state index in [1.165, 1.54) is 29.2 Å². The Kier molecular flexibility index (Phi) is 4.64. The van der Waals surface area contributed by atoms with Crippen LogP contribution in [0.2, 0.25) is 0 Å². The van der Waals surface area contributed by atoms with E-state index < -0.39 is 34.6 Å². The largest absolute Gasteiger partial charge is 0.480 e. The number of ether oxygens (including phenoxy) is 1. The Labute approximate surface area is 164 Å². The van der Waals surface area contributed by atoms with E-state index in [0.717, 1.165) is 0 Å². The summed E-state index contributed by atoms with van der Waals surface area (Å²) in [4.78, 5) is 15.3. The lowest BCUT2D eigenvalue weighted by atomic mass is 9.91. The summed E-state index contributed by atoms with van der Waals surface area (Å²) >= 11 is 4.06. The lowest BCUT2D eigenvalue weighted by Crippen LogP contribution is -2.23. The fourth-order valence-corrected chi connectivity index (χ4v) is 3.48. The van der Waals surface area contributed by atoms with E-state index in [1.807, 2.05) is 0 Å². The second-order valence-electron chi connectivity index (χ2n) is 6.43. The summed E-state index contributed by atoms with van der Waals surface area (Å²) in [5.74, 6) is -1.88. The maximum Gasteiger partial charge on any atom is 0.324 e. The highest BCUT2D eigenvalue weighted by atomic mass is 32.1. The minimum absolute atomic E-state index is 0.0668. The number of halogens is 2. The molecular formula is C19H15F2N3O3S. The number of nitrogens with zero attached hydrogens (tertiary/aromatic N) is 3. The maximum atomic E-state index is 14.3. The molecule has 0 spiro atoms. The smallest absolute Gasteiger partial charge is 0.324 e. The molecule has 1 aliphatic heterocycles. The van der Waals surface area contributed by atoms with Crippen LogP contribution in [0.3, 0.4) is 0 Å². The molecule has 1 saturated heterocycles. The van der Waals surface area contributed by atoms with Crippen LogP contribution in [-0.4, -0.2) is 25.8 Å². The van der Waals surface area contributed by atoms with Crippen molar-refractivity contribution in [3.63, 3.8) is 0 Å². The summed E-state index contributed by atoms with van der Waals surface area (Å²) in [6, 6.07) is 11.9. The third-order valence-electron chi connectivity index (χ3n) is 4.72. The van der Waals surface area contributed by atoms with E-state index in [2.05, 4.69) is 22.7 Å². The summed E-state index contributed by atoms with van der Waals surface area (Å²) in [7, 11) is 0. The van der Waals surface area contributed by atoms with Gasteiger partial charge in [-0.25, -0.2) is 18.4 Å². The monoisotopic (exact) mass is 403 g/mol.